The minimum absolute atomic E-state index is 0.384. The molecule has 0 amide bonds. The first kappa shape index (κ1) is 13.4. The first-order valence-corrected chi connectivity index (χ1v) is 7.37. The molecule has 1 atom stereocenters. The van der Waals surface area contributed by atoms with Gasteiger partial charge in [0.2, 0.25) is 0 Å². The number of hydrogen-bond acceptors (Lipinski definition) is 5. The number of ether oxygens (including phenoxy) is 3. The molecule has 5 heteroatoms. The molecular formula is C15H22N2O3. The molecule has 2 heterocycles. The molecule has 1 fully saturated rings. The van der Waals surface area contributed by atoms with Crippen LogP contribution < -0.4 is 20.5 Å². The molecule has 1 aromatic rings. The lowest BCUT2D eigenvalue weighted by molar-refractivity contribution is 0.0134. The zero-order valence-electron chi connectivity index (χ0n) is 11.7. The summed E-state index contributed by atoms with van der Waals surface area (Å²) in [5.41, 5.74) is 7.64. The van der Waals surface area contributed by atoms with Crippen molar-refractivity contribution < 1.29 is 14.2 Å². The number of hydrogen-bond donors (Lipinski definition) is 2. The number of anilines is 2. The molecule has 3 rings (SSSR count). The third-order valence-corrected chi connectivity index (χ3v) is 3.77. The van der Waals surface area contributed by atoms with Crippen molar-refractivity contribution in [2.45, 2.75) is 31.8 Å². The monoisotopic (exact) mass is 278 g/mol. The van der Waals surface area contributed by atoms with Crippen LogP contribution in [0.5, 0.6) is 11.5 Å². The van der Waals surface area contributed by atoms with Gasteiger partial charge in [-0.2, -0.15) is 0 Å². The van der Waals surface area contributed by atoms with Crippen LogP contribution in [-0.4, -0.2) is 32.5 Å². The summed E-state index contributed by atoms with van der Waals surface area (Å²) in [6, 6.07) is 3.75. The molecule has 0 bridgehead atoms. The highest BCUT2D eigenvalue weighted by Crippen LogP contribution is 2.36. The molecule has 1 aromatic carbocycles. The summed E-state index contributed by atoms with van der Waals surface area (Å²) in [5.74, 6) is 1.50. The van der Waals surface area contributed by atoms with Crippen LogP contribution in [0, 0.1) is 0 Å². The van der Waals surface area contributed by atoms with E-state index in [4.69, 9.17) is 19.9 Å². The van der Waals surface area contributed by atoms with E-state index < -0.39 is 0 Å². The average molecular weight is 278 g/mol. The number of benzene rings is 1. The molecule has 0 saturated carbocycles. The molecule has 110 valence electrons. The Morgan fingerprint density at radius 1 is 1.10 bits per heavy atom. The third-order valence-electron chi connectivity index (χ3n) is 3.77. The minimum Gasteiger partial charge on any atom is -0.486 e. The van der Waals surface area contributed by atoms with E-state index in [1.807, 2.05) is 12.1 Å². The Bertz CT molecular complexity index is 459. The largest absolute Gasteiger partial charge is 0.486 e. The second-order valence-corrected chi connectivity index (χ2v) is 5.29. The van der Waals surface area contributed by atoms with Crippen molar-refractivity contribution in [3.63, 3.8) is 0 Å². The summed E-state index contributed by atoms with van der Waals surface area (Å²) in [7, 11) is 0. The Hall–Kier alpha value is -1.62. The normalized spacial score (nSPS) is 21.5. The first-order chi connectivity index (χ1) is 9.83. The van der Waals surface area contributed by atoms with Gasteiger partial charge in [-0.05, 0) is 25.7 Å². The van der Waals surface area contributed by atoms with Crippen LogP contribution in [0.3, 0.4) is 0 Å². The number of nitrogen functional groups attached to an aromatic ring is 1. The fraction of sp³-hybridized carbons (Fsp3) is 0.600. The summed E-state index contributed by atoms with van der Waals surface area (Å²) in [6.45, 7) is 2.93. The van der Waals surface area contributed by atoms with Crippen molar-refractivity contribution in [2.24, 2.45) is 0 Å². The van der Waals surface area contributed by atoms with Gasteiger partial charge in [0.1, 0.15) is 13.2 Å². The quantitative estimate of drug-likeness (QED) is 0.828. The van der Waals surface area contributed by atoms with Gasteiger partial charge in [0.05, 0.1) is 17.5 Å². The van der Waals surface area contributed by atoms with Crippen LogP contribution in [0.2, 0.25) is 0 Å². The van der Waals surface area contributed by atoms with Crippen LogP contribution in [0.25, 0.3) is 0 Å². The lowest BCUT2D eigenvalue weighted by Gasteiger charge is -2.23. The Labute approximate surface area is 119 Å². The third kappa shape index (κ3) is 3.10. The SMILES string of the molecule is Nc1cc2c(cc1NCCC1CCCCO1)OCCO2. The molecule has 0 spiro atoms. The fourth-order valence-electron chi connectivity index (χ4n) is 2.66. The van der Waals surface area contributed by atoms with Crippen LogP contribution in [0.1, 0.15) is 25.7 Å². The molecule has 5 nitrogen and oxygen atoms in total. The Morgan fingerprint density at radius 3 is 2.65 bits per heavy atom. The lowest BCUT2D eigenvalue weighted by Crippen LogP contribution is -2.22. The van der Waals surface area contributed by atoms with Crippen LogP contribution in [0.4, 0.5) is 11.4 Å². The number of nitrogens with two attached hydrogens (primary N) is 1. The zero-order valence-corrected chi connectivity index (χ0v) is 11.7. The molecule has 20 heavy (non-hydrogen) atoms. The van der Waals surface area contributed by atoms with E-state index in [9.17, 15) is 0 Å². The number of nitrogens with one attached hydrogen (secondary N) is 1. The summed E-state index contributed by atoms with van der Waals surface area (Å²) in [5, 5.41) is 3.37. The second-order valence-electron chi connectivity index (χ2n) is 5.29. The van der Waals surface area contributed by atoms with E-state index in [0.717, 1.165) is 43.2 Å². The van der Waals surface area contributed by atoms with Gasteiger partial charge >= 0.3 is 0 Å². The lowest BCUT2D eigenvalue weighted by atomic mass is 10.1. The first-order valence-electron chi connectivity index (χ1n) is 7.37. The Kier molecular flexibility index (Phi) is 4.16. The highest BCUT2D eigenvalue weighted by molar-refractivity contribution is 5.72. The van der Waals surface area contributed by atoms with Crippen molar-refractivity contribution in [2.75, 3.05) is 37.4 Å². The highest BCUT2D eigenvalue weighted by atomic mass is 16.6. The van der Waals surface area contributed by atoms with Gasteiger partial charge in [0.15, 0.2) is 11.5 Å². The van der Waals surface area contributed by atoms with Crippen molar-refractivity contribution in [1.29, 1.82) is 0 Å². The molecule has 1 saturated heterocycles. The van der Waals surface area contributed by atoms with E-state index in [2.05, 4.69) is 5.32 Å². The average Bonchev–Trinajstić information content (AvgIpc) is 2.49. The predicted molar refractivity (Wildman–Crippen MR) is 78.5 cm³/mol. The maximum absolute atomic E-state index is 6.03. The zero-order chi connectivity index (χ0) is 13.8. The standard InChI is InChI=1S/C15H22N2O3/c16-12-9-14-15(20-8-7-19-14)10-13(12)17-5-4-11-3-1-2-6-18-11/h9-11,17H,1-8,16H2. The molecule has 0 aromatic heterocycles. The molecule has 1 unspecified atom stereocenters. The summed E-state index contributed by atoms with van der Waals surface area (Å²) < 4.78 is 16.8. The maximum atomic E-state index is 6.03. The summed E-state index contributed by atoms with van der Waals surface area (Å²) in [4.78, 5) is 0. The van der Waals surface area contributed by atoms with E-state index in [1.54, 1.807) is 0 Å². The van der Waals surface area contributed by atoms with E-state index >= 15 is 0 Å². The molecule has 3 N–H and O–H groups in total. The van der Waals surface area contributed by atoms with Crippen LogP contribution >= 0.6 is 0 Å². The van der Waals surface area contributed by atoms with E-state index in [-0.39, 0.29) is 0 Å². The maximum Gasteiger partial charge on any atom is 0.163 e. The molecule has 2 aliphatic rings. The van der Waals surface area contributed by atoms with Crippen LogP contribution in [0.15, 0.2) is 12.1 Å². The van der Waals surface area contributed by atoms with Gasteiger partial charge in [-0.15, -0.1) is 0 Å². The molecular weight excluding hydrogens is 256 g/mol. The second kappa shape index (κ2) is 6.22. The van der Waals surface area contributed by atoms with E-state index in [0.29, 0.717) is 25.0 Å². The summed E-state index contributed by atoms with van der Waals surface area (Å²) >= 11 is 0. The summed E-state index contributed by atoms with van der Waals surface area (Å²) in [6.07, 6.45) is 5.02. The van der Waals surface area contributed by atoms with Gasteiger partial charge in [0, 0.05) is 25.3 Å². The van der Waals surface area contributed by atoms with Crippen molar-refractivity contribution in [3.05, 3.63) is 12.1 Å². The Morgan fingerprint density at radius 2 is 1.90 bits per heavy atom. The fourth-order valence-corrected chi connectivity index (χ4v) is 2.66. The van der Waals surface area contributed by atoms with Gasteiger partial charge in [0.25, 0.3) is 0 Å². The van der Waals surface area contributed by atoms with E-state index in [1.165, 1.54) is 12.8 Å². The molecule has 2 aliphatic heterocycles. The smallest absolute Gasteiger partial charge is 0.163 e. The highest BCUT2D eigenvalue weighted by Gasteiger charge is 2.16. The molecule has 0 radical (unpaired) electrons. The van der Waals surface area contributed by atoms with Crippen molar-refractivity contribution >= 4 is 11.4 Å². The van der Waals surface area contributed by atoms with Gasteiger partial charge in [-0.25, -0.2) is 0 Å². The van der Waals surface area contributed by atoms with Gasteiger partial charge < -0.3 is 25.3 Å². The number of fused-ring (bicyclic) bond motifs is 1. The Balaban J connectivity index is 1.56. The topological polar surface area (TPSA) is 65.7 Å². The predicted octanol–water partition coefficient (Wildman–Crippen LogP) is 2.41. The van der Waals surface area contributed by atoms with Gasteiger partial charge in [-0.3, -0.25) is 0 Å². The van der Waals surface area contributed by atoms with Crippen molar-refractivity contribution in [3.8, 4) is 11.5 Å². The molecule has 0 aliphatic carbocycles. The number of rotatable bonds is 4. The van der Waals surface area contributed by atoms with Crippen LogP contribution in [-0.2, 0) is 4.74 Å². The minimum atomic E-state index is 0.384. The van der Waals surface area contributed by atoms with Crippen molar-refractivity contribution in [1.82, 2.24) is 0 Å². The van der Waals surface area contributed by atoms with Gasteiger partial charge in [-0.1, -0.05) is 0 Å².